The second-order valence-electron chi connectivity index (χ2n) is 8.53. The van der Waals surface area contributed by atoms with Crippen molar-refractivity contribution in [2.75, 3.05) is 4.90 Å². The number of fused-ring (bicyclic) bond motifs is 5. The number of nitrogens with zero attached hydrogens (tertiary/aromatic N) is 2. The third-order valence-corrected chi connectivity index (χ3v) is 7.20. The molecule has 0 N–H and O–H groups in total. The molecule has 0 saturated carbocycles. The van der Waals surface area contributed by atoms with E-state index in [1.54, 1.807) is 48.5 Å². The minimum absolute atomic E-state index is 0.167. The van der Waals surface area contributed by atoms with Crippen LogP contribution in [0.2, 0.25) is 5.02 Å². The molecule has 0 unspecified atom stereocenters. The van der Waals surface area contributed by atoms with E-state index in [9.17, 15) is 14.4 Å². The highest BCUT2D eigenvalue weighted by Gasteiger charge is 2.64. The van der Waals surface area contributed by atoms with Gasteiger partial charge in [0.15, 0.2) is 5.78 Å². The summed E-state index contributed by atoms with van der Waals surface area (Å²) in [5, 5.41) is 0.325. The number of carbonyl (C=O) groups is 3. The zero-order valence-electron chi connectivity index (χ0n) is 17.5. The van der Waals surface area contributed by atoms with Crippen LogP contribution in [0.1, 0.15) is 27.5 Å². The summed E-state index contributed by atoms with van der Waals surface area (Å²) in [7, 11) is 0. The van der Waals surface area contributed by atoms with Gasteiger partial charge in [-0.15, -0.1) is 0 Å². The van der Waals surface area contributed by atoms with Gasteiger partial charge in [0, 0.05) is 11.8 Å². The quantitative estimate of drug-likeness (QED) is 0.424. The minimum atomic E-state index is -0.803. The summed E-state index contributed by atoms with van der Waals surface area (Å²) in [6.45, 7) is 0. The highest BCUT2D eigenvalue weighted by molar-refractivity contribution is 6.36. The van der Waals surface area contributed by atoms with Crippen LogP contribution < -0.4 is 4.90 Å². The number of carbonyl (C=O) groups excluding carboxylic acids is 3. The molecule has 6 rings (SSSR count). The van der Waals surface area contributed by atoms with Crippen molar-refractivity contribution in [3.63, 3.8) is 0 Å². The number of imide groups is 1. The number of hydrogen-bond acceptors (Lipinski definition) is 4. The lowest BCUT2D eigenvalue weighted by Gasteiger charge is -2.35. The third kappa shape index (κ3) is 2.82. The van der Waals surface area contributed by atoms with Gasteiger partial charge < -0.3 is 4.90 Å². The highest BCUT2D eigenvalue weighted by Crippen LogP contribution is 2.54. The van der Waals surface area contributed by atoms with E-state index in [0.717, 1.165) is 11.1 Å². The Morgan fingerprint density at radius 2 is 1.45 bits per heavy atom. The van der Waals surface area contributed by atoms with Gasteiger partial charge in [-0.1, -0.05) is 78.3 Å². The van der Waals surface area contributed by atoms with Crippen LogP contribution in [0.15, 0.2) is 85.1 Å². The summed E-state index contributed by atoms with van der Waals surface area (Å²) in [6.07, 6.45) is 3.80. The third-order valence-electron chi connectivity index (χ3n) is 6.88. The van der Waals surface area contributed by atoms with E-state index in [4.69, 9.17) is 11.6 Å². The van der Waals surface area contributed by atoms with Crippen LogP contribution in [0.4, 0.5) is 5.69 Å². The Balaban J connectivity index is 1.52. The lowest BCUT2D eigenvalue weighted by Crippen LogP contribution is -2.44. The fraction of sp³-hybridized carbons (Fsp3) is 0.148. The maximum Gasteiger partial charge on any atom is 0.240 e. The van der Waals surface area contributed by atoms with E-state index in [0.29, 0.717) is 16.3 Å². The smallest absolute Gasteiger partial charge is 0.240 e. The molecule has 0 aromatic heterocycles. The van der Waals surface area contributed by atoms with Crippen molar-refractivity contribution in [2.45, 2.75) is 12.1 Å². The van der Waals surface area contributed by atoms with Crippen LogP contribution in [-0.4, -0.2) is 28.5 Å². The molecule has 5 nitrogen and oxygen atoms in total. The summed E-state index contributed by atoms with van der Waals surface area (Å²) in [6, 6.07) is 22.4. The summed E-state index contributed by atoms with van der Waals surface area (Å²) in [5.41, 5.74) is 2.81. The van der Waals surface area contributed by atoms with E-state index in [1.807, 2.05) is 47.5 Å². The molecule has 0 bridgehead atoms. The van der Waals surface area contributed by atoms with Crippen molar-refractivity contribution in [3.8, 4) is 0 Å². The fourth-order valence-corrected chi connectivity index (χ4v) is 5.72. The van der Waals surface area contributed by atoms with Crippen LogP contribution in [-0.2, 0) is 9.59 Å². The molecular weight excluding hydrogens is 436 g/mol. The first-order valence-corrected chi connectivity index (χ1v) is 11.2. The first kappa shape index (κ1) is 19.9. The van der Waals surface area contributed by atoms with Gasteiger partial charge in [0.1, 0.15) is 6.04 Å². The van der Waals surface area contributed by atoms with E-state index < -0.39 is 23.9 Å². The lowest BCUT2D eigenvalue weighted by molar-refractivity contribution is -0.123. The molecule has 0 radical (unpaired) electrons. The second kappa shape index (κ2) is 7.42. The molecule has 3 aromatic carbocycles. The Morgan fingerprint density at radius 1 is 0.788 bits per heavy atom. The Labute approximate surface area is 195 Å². The Kier molecular flexibility index (Phi) is 4.49. The van der Waals surface area contributed by atoms with Crippen molar-refractivity contribution in [1.29, 1.82) is 0 Å². The van der Waals surface area contributed by atoms with Gasteiger partial charge in [0.25, 0.3) is 0 Å². The maximum absolute atomic E-state index is 13.8. The molecule has 0 spiro atoms. The van der Waals surface area contributed by atoms with Crippen LogP contribution in [0.5, 0.6) is 0 Å². The number of amides is 2. The lowest BCUT2D eigenvalue weighted by atomic mass is 9.83. The standard InChI is InChI=1S/C27H19ClN2O3/c28-19-12-6-7-13-20(19)30-26(32)21-22(27(30)33)24(25(31)17-9-2-1-3-10-17)29-15-14-16-8-4-5-11-18(16)23(21)29/h1-15,21-24H/t21-,22+,23-,24-/m0/s1. The number of rotatable bonds is 3. The topological polar surface area (TPSA) is 57.7 Å². The van der Waals surface area contributed by atoms with Crippen LogP contribution in [0.3, 0.4) is 0 Å². The number of anilines is 1. The van der Waals surface area contributed by atoms with Gasteiger partial charge in [0.2, 0.25) is 11.8 Å². The molecule has 4 atom stereocenters. The molecule has 3 aliphatic heterocycles. The fourth-order valence-electron chi connectivity index (χ4n) is 5.50. The van der Waals surface area contributed by atoms with Gasteiger partial charge >= 0.3 is 0 Å². The SMILES string of the molecule is O=C(c1ccccc1)[C@@H]1[C@@H]2C(=O)N(c3ccccc3Cl)C(=O)[C@@H]2[C@@H]2c3ccccc3C=CN12. The molecule has 0 aliphatic carbocycles. The van der Waals surface area contributed by atoms with E-state index in [2.05, 4.69) is 0 Å². The number of benzene rings is 3. The van der Waals surface area contributed by atoms with Crippen molar-refractivity contribution in [1.82, 2.24) is 4.90 Å². The van der Waals surface area contributed by atoms with Crippen molar-refractivity contribution in [3.05, 3.63) is 107 Å². The van der Waals surface area contributed by atoms with E-state index >= 15 is 0 Å². The summed E-state index contributed by atoms with van der Waals surface area (Å²) < 4.78 is 0. The zero-order chi connectivity index (χ0) is 22.7. The Bertz CT molecular complexity index is 1340. The molecule has 3 heterocycles. The molecule has 162 valence electrons. The first-order chi connectivity index (χ1) is 16.1. The van der Waals surface area contributed by atoms with Gasteiger partial charge in [-0.3, -0.25) is 14.4 Å². The van der Waals surface area contributed by atoms with Gasteiger partial charge in [-0.2, -0.15) is 0 Å². The van der Waals surface area contributed by atoms with Gasteiger partial charge in [-0.05, 0) is 29.3 Å². The van der Waals surface area contributed by atoms with Crippen molar-refractivity contribution < 1.29 is 14.4 Å². The summed E-state index contributed by atoms with van der Waals surface area (Å²) >= 11 is 6.37. The van der Waals surface area contributed by atoms with Crippen molar-refractivity contribution in [2.24, 2.45) is 11.8 Å². The minimum Gasteiger partial charge on any atom is -0.358 e. The van der Waals surface area contributed by atoms with Gasteiger partial charge in [0.05, 0.1) is 28.6 Å². The maximum atomic E-state index is 13.8. The predicted molar refractivity (Wildman–Crippen MR) is 126 cm³/mol. The average Bonchev–Trinajstić information content (AvgIpc) is 3.32. The predicted octanol–water partition coefficient (Wildman–Crippen LogP) is 4.74. The Hall–Kier alpha value is -3.70. The monoisotopic (exact) mass is 454 g/mol. The molecule has 3 aromatic rings. The molecule has 2 saturated heterocycles. The molecule has 33 heavy (non-hydrogen) atoms. The van der Waals surface area contributed by atoms with Crippen LogP contribution in [0, 0.1) is 11.8 Å². The van der Waals surface area contributed by atoms with Crippen LogP contribution in [0.25, 0.3) is 6.08 Å². The van der Waals surface area contributed by atoms with Gasteiger partial charge in [-0.25, -0.2) is 4.90 Å². The zero-order valence-corrected chi connectivity index (χ0v) is 18.2. The number of para-hydroxylation sites is 1. The average molecular weight is 455 g/mol. The highest BCUT2D eigenvalue weighted by atomic mass is 35.5. The van der Waals surface area contributed by atoms with Crippen LogP contribution >= 0.6 is 11.6 Å². The van der Waals surface area contributed by atoms with Crippen molar-refractivity contribution >= 4 is 41.0 Å². The summed E-state index contributed by atoms with van der Waals surface area (Å²) in [4.78, 5) is 44.4. The second-order valence-corrected chi connectivity index (χ2v) is 8.93. The number of Topliss-reactive ketones (excluding diaryl/α,β-unsaturated/α-hetero) is 1. The normalized spacial score (nSPS) is 25.1. The van der Waals surface area contributed by atoms with E-state index in [1.165, 1.54) is 4.90 Å². The summed E-state index contributed by atoms with van der Waals surface area (Å²) in [5.74, 6) is -2.35. The molecule has 2 fully saturated rings. The molecule has 3 aliphatic rings. The molecular formula is C27H19ClN2O3. The number of hydrogen-bond donors (Lipinski definition) is 0. The largest absolute Gasteiger partial charge is 0.358 e. The first-order valence-electron chi connectivity index (χ1n) is 10.8. The van der Waals surface area contributed by atoms with E-state index in [-0.39, 0.29) is 17.6 Å². The number of ketones is 1. The Morgan fingerprint density at radius 3 is 2.24 bits per heavy atom. The molecule has 6 heteroatoms. The molecule has 2 amide bonds. The number of halogens is 1.